The molecule has 6 nitrogen and oxygen atoms in total. The van der Waals surface area contributed by atoms with Crippen molar-refractivity contribution < 1.29 is 37.8 Å². The molecule has 0 radical (unpaired) electrons. The summed E-state index contributed by atoms with van der Waals surface area (Å²) in [6, 6.07) is 4.00. The molecule has 0 saturated carbocycles. The van der Waals surface area contributed by atoms with Gasteiger partial charge in [0, 0.05) is 0 Å². The standard InChI is InChI=1S/C13H12F3NO5/c1-22-17(11(19)6-10(18)12(20)21)7-8-2-4-9(5-3-8)13(14,15)16/h2-6,18H,7H2,1H3,(H,20,21). The smallest absolute Gasteiger partial charge is 0.416 e. The van der Waals surface area contributed by atoms with Gasteiger partial charge in [-0.3, -0.25) is 9.63 Å². The van der Waals surface area contributed by atoms with Crippen molar-refractivity contribution in [3.63, 3.8) is 0 Å². The molecular weight excluding hydrogens is 307 g/mol. The van der Waals surface area contributed by atoms with Crippen molar-refractivity contribution in [3.05, 3.63) is 47.2 Å². The second-order valence-corrected chi connectivity index (χ2v) is 4.09. The Kier molecular flexibility index (Phi) is 5.52. The molecule has 0 aliphatic carbocycles. The highest BCUT2D eigenvalue weighted by atomic mass is 19.4. The second kappa shape index (κ2) is 6.94. The maximum atomic E-state index is 12.4. The quantitative estimate of drug-likeness (QED) is 0.493. The van der Waals surface area contributed by atoms with Gasteiger partial charge >= 0.3 is 12.1 Å². The zero-order valence-corrected chi connectivity index (χ0v) is 11.3. The summed E-state index contributed by atoms with van der Waals surface area (Å²) in [4.78, 5) is 26.7. The highest BCUT2D eigenvalue weighted by Gasteiger charge is 2.30. The number of carbonyl (C=O) groups is 2. The number of benzene rings is 1. The second-order valence-electron chi connectivity index (χ2n) is 4.09. The number of aliphatic carboxylic acids is 1. The summed E-state index contributed by atoms with van der Waals surface area (Å²) in [5.74, 6) is -3.85. The predicted molar refractivity (Wildman–Crippen MR) is 67.4 cm³/mol. The van der Waals surface area contributed by atoms with Crippen LogP contribution in [0, 0.1) is 0 Å². The Bertz CT molecular complexity index is 580. The van der Waals surface area contributed by atoms with Gasteiger partial charge in [-0.05, 0) is 17.7 Å². The van der Waals surface area contributed by atoms with Crippen LogP contribution in [0.2, 0.25) is 0 Å². The van der Waals surface area contributed by atoms with Gasteiger partial charge in [-0.1, -0.05) is 12.1 Å². The lowest BCUT2D eigenvalue weighted by atomic mass is 10.1. The molecule has 1 aromatic rings. The summed E-state index contributed by atoms with van der Waals surface area (Å²) in [6.07, 6.45) is -4.04. The van der Waals surface area contributed by atoms with Crippen molar-refractivity contribution >= 4 is 11.9 Å². The fourth-order valence-corrected chi connectivity index (χ4v) is 1.45. The maximum absolute atomic E-state index is 12.4. The number of carboxylic acid groups (broad SMARTS) is 1. The zero-order chi connectivity index (χ0) is 16.9. The first-order chi connectivity index (χ1) is 10.1. The molecule has 0 heterocycles. The molecule has 0 spiro atoms. The first-order valence-electron chi connectivity index (χ1n) is 5.81. The van der Waals surface area contributed by atoms with Crippen molar-refractivity contribution in [2.45, 2.75) is 12.7 Å². The fourth-order valence-electron chi connectivity index (χ4n) is 1.45. The van der Waals surface area contributed by atoms with E-state index in [0.717, 1.165) is 31.4 Å². The molecule has 0 saturated heterocycles. The molecule has 1 amide bonds. The first-order valence-corrected chi connectivity index (χ1v) is 5.81. The summed E-state index contributed by atoms with van der Waals surface area (Å²) in [5.41, 5.74) is -0.513. The number of nitrogens with zero attached hydrogens (tertiary/aromatic N) is 1. The molecule has 1 rings (SSSR count). The Morgan fingerprint density at radius 1 is 1.23 bits per heavy atom. The third-order valence-corrected chi connectivity index (χ3v) is 2.55. The molecule has 0 aliphatic rings. The van der Waals surface area contributed by atoms with Crippen LogP contribution in [0.15, 0.2) is 36.1 Å². The van der Waals surface area contributed by atoms with Gasteiger partial charge in [0.25, 0.3) is 5.91 Å². The first kappa shape index (κ1) is 17.5. The molecule has 120 valence electrons. The van der Waals surface area contributed by atoms with Gasteiger partial charge in [0.1, 0.15) is 0 Å². The lowest BCUT2D eigenvalue weighted by Crippen LogP contribution is -2.28. The lowest BCUT2D eigenvalue weighted by molar-refractivity contribution is -0.173. The van der Waals surface area contributed by atoms with Crippen LogP contribution in [0.3, 0.4) is 0 Å². The average Bonchev–Trinajstić information content (AvgIpc) is 2.43. The Labute approximate surface area is 123 Å². The van der Waals surface area contributed by atoms with Gasteiger partial charge in [-0.25, -0.2) is 9.86 Å². The summed E-state index contributed by atoms with van der Waals surface area (Å²) in [5, 5.41) is 18.1. The van der Waals surface area contributed by atoms with Crippen LogP contribution in [-0.2, 0) is 27.1 Å². The topological polar surface area (TPSA) is 87.1 Å². The molecule has 1 aromatic carbocycles. The predicted octanol–water partition coefficient (Wildman–Crippen LogP) is 2.12. The van der Waals surface area contributed by atoms with Crippen molar-refractivity contribution in [2.75, 3.05) is 7.11 Å². The zero-order valence-electron chi connectivity index (χ0n) is 11.3. The van der Waals surface area contributed by atoms with Gasteiger partial charge in [-0.15, -0.1) is 0 Å². The van der Waals surface area contributed by atoms with E-state index in [1.165, 1.54) is 0 Å². The van der Waals surface area contributed by atoms with Crippen molar-refractivity contribution in [1.82, 2.24) is 5.06 Å². The molecule has 0 aliphatic heterocycles. The summed E-state index contributed by atoms with van der Waals surface area (Å²) >= 11 is 0. The summed E-state index contributed by atoms with van der Waals surface area (Å²) in [7, 11) is 1.12. The van der Waals surface area contributed by atoms with E-state index in [1.54, 1.807) is 0 Å². The third-order valence-electron chi connectivity index (χ3n) is 2.55. The normalized spacial score (nSPS) is 12.1. The van der Waals surface area contributed by atoms with E-state index >= 15 is 0 Å². The lowest BCUT2D eigenvalue weighted by Gasteiger charge is -2.18. The maximum Gasteiger partial charge on any atom is 0.416 e. The summed E-state index contributed by atoms with van der Waals surface area (Å²) < 4.78 is 37.2. The van der Waals surface area contributed by atoms with Crippen LogP contribution in [0.5, 0.6) is 0 Å². The minimum atomic E-state index is -4.47. The third kappa shape index (κ3) is 4.77. The van der Waals surface area contributed by atoms with Gasteiger partial charge in [-0.2, -0.15) is 13.2 Å². The van der Waals surface area contributed by atoms with Crippen molar-refractivity contribution in [2.24, 2.45) is 0 Å². The monoisotopic (exact) mass is 319 g/mol. The van der Waals surface area contributed by atoms with Crippen LogP contribution in [0.1, 0.15) is 11.1 Å². The molecule has 22 heavy (non-hydrogen) atoms. The molecule has 2 N–H and O–H groups in total. The molecule has 0 bridgehead atoms. The Morgan fingerprint density at radius 2 is 1.77 bits per heavy atom. The van der Waals surface area contributed by atoms with E-state index in [0.29, 0.717) is 16.7 Å². The van der Waals surface area contributed by atoms with Crippen LogP contribution in [-0.4, -0.2) is 34.3 Å². The number of rotatable bonds is 5. The van der Waals surface area contributed by atoms with Crippen LogP contribution < -0.4 is 0 Å². The number of hydrogen-bond donors (Lipinski definition) is 2. The van der Waals surface area contributed by atoms with Gasteiger partial charge in [0.15, 0.2) is 0 Å². The molecule has 0 fully saturated rings. The van der Waals surface area contributed by atoms with E-state index in [2.05, 4.69) is 0 Å². The van der Waals surface area contributed by atoms with Crippen LogP contribution in [0.25, 0.3) is 0 Å². The van der Waals surface area contributed by atoms with E-state index < -0.39 is 29.4 Å². The number of alkyl halides is 3. The number of aliphatic hydroxyl groups is 1. The van der Waals surface area contributed by atoms with Gasteiger partial charge in [0.2, 0.25) is 5.76 Å². The van der Waals surface area contributed by atoms with Crippen LogP contribution >= 0.6 is 0 Å². The number of hydroxylamine groups is 2. The number of amides is 1. The largest absolute Gasteiger partial charge is 0.502 e. The van der Waals surface area contributed by atoms with E-state index in [-0.39, 0.29) is 6.54 Å². The fraction of sp³-hybridized carbons (Fsp3) is 0.231. The Morgan fingerprint density at radius 3 is 2.18 bits per heavy atom. The molecule has 9 heteroatoms. The molecule has 0 aromatic heterocycles. The highest BCUT2D eigenvalue weighted by Crippen LogP contribution is 2.29. The van der Waals surface area contributed by atoms with Gasteiger partial charge in [0.05, 0.1) is 25.3 Å². The molecule has 0 atom stereocenters. The SMILES string of the molecule is CON(Cc1ccc(C(F)(F)F)cc1)C(=O)C=C(O)C(=O)O. The molecular formula is C13H12F3NO5. The minimum Gasteiger partial charge on any atom is -0.502 e. The number of hydrogen-bond acceptors (Lipinski definition) is 4. The van der Waals surface area contributed by atoms with E-state index in [9.17, 15) is 22.8 Å². The van der Waals surface area contributed by atoms with Crippen LogP contribution in [0.4, 0.5) is 13.2 Å². The molecule has 0 unspecified atom stereocenters. The van der Waals surface area contributed by atoms with Gasteiger partial charge < -0.3 is 10.2 Å². The Balaban J connectivity index is 2.84. The highest BCUT2D eigenvalue weighted by molar-refractivity contribution is 5.95. The van der Waals surface area contributed by atoms with E-state index in [4.69, 9.17) is 15.1 Å². The number of carbonyl (C=O) groups excluding carboxylic acids is 1. The van der Waals surface area contributed by atoms with Crippen molar-refractivity contribution in [1.29, 1.82) is 0 Å². The average molecular weight is 319 g/mol. The van der Waals surface area contributed by atoms with Crippen molar-refractivity contribution in [3.8, 4) is 0 Å². The number of halogens is 3. The Hall–Kier alpha value is -2.55. The number of aliphatic hydroxyl groups excluding tert-OH is 1. The summed E-state index contributed by atoms with van der Waals surface area (Å²) in [6.45, 7) is -0.225. The van der Waals surface area contributed by atoms with E-state index in [1.807, 2.05) is 0 Å². The number of carboxylic acids is 1. The minimum absolute atomic E-state index is 0.225.